The molecule has 1 unspecified atom stereocenters. The summed E-state index contributed by atoms with van der Waals surface area (Å²) in [6.45, 7) is 5.30. The van der Waals surface area contributed by atoms with Crippen LogP contribution < -0.4 is 15.4 Å². The molecule has 1 fully saturated rings. The molecule has 0 amide bonds. The van der Waals surface area contributed by atoms with Crippen molar-refractivity contribution in [3.05, 3.63) is 29.6 Å². The van der Waals surface area contributed by atoms with Gasteiger partial charge < -0.3 is 20.1 Å². The predicted molar refractivity (Wildman–Crippen MR) is 103 cm³/mol. The molecule has 7 heteroatoms. The van der Waals surface area contributed by atoms with Gasteiger partial charge in [-0.15, -0.1) is 0 Å². The van der Waals surface area contributed by atoms with E-state index in [1.807, 2.05) is 13.0 Å². The Labute approximate surface area is 160 Å². The molecule has 1 atom stereocenters. The number of nitrogens with one attached hydrogen (secondary N) is 2. The number of ether oxygens (including phenoxy) is 2. The fraction of sp³-hybridized carbons (Fsp3) is 0.600. The van der Waals surface area contributed by atoms with Crippen molar-refractivity contribution in [2.45, 2.75) is 45.6 Å². The van der Waals surface area contributed by atoms with Gasteiger partial charge in [-0.3, -0.25) is 9.79 Å². The van der Waals surface area contributed by atoms with Gasteiger partial charge in [-0.2, -0.15) is 0 Å². The van der Waals surface area contributed by atoms with Gasteiger partial charge in [-0.25, -0.2) is 4.39 Å². The molecule has 6 nitrogen and oxygen atoms in total. The highest BCUT2D eigenvalue weighted by molar-refractivity contribution is 5.80. The van der Waals surface area contributed by atoms with E-state index in [1.165, 1.54) is 18.9 Å². The standard InChI is InChI=1S/C20H30FN3O3/c1-4-26-19(25)6-5-11-23-20(22-3)24-14(2)16-9-10-18(17(21)12-16)27-13-15-7-8-15/h9-10,12,14-15H,4-8,11,13H2,1-3H3,(H2,22,23,24). The summed E-state index contributed by atoms with van der Waals surface area (Å²) in [4.78, 5) is 15.5. The number of rotatable bonds is 10. The molecule has 2 N–H and O–H groups in total. The molecule has 0 aliphatic heterocycles. The zero-order valence-electron chi connectivity index (χ0n) is 16.4. The Bertz CT molecular complexity index is 647. The molecule has 1 aromatic rings. The lowest BCUT2D eigenvalue weighted by Gasteiger charge is -2.19. The van der Waals surface area contributed by atoms with Crippen LogP contribution in [0.2, 0.25) is 0 Å². The Balaban J connectivity index is 1.78. The van der Waals surface area contributed by atoms with Gasteiger partial charge in [0.2, 0.25) is 0 Å². The average molecular weight is 379 g/mol. The average Bonchev–Trinajstić information content (AvgIpc) is 3.47. The lowest BCUT2D eigenvalue weighted by atomic mass is 10.1. The van der Waals surface area contributed by atoms with Crippen LogP contribution in [0.4, 0.5) is 4.39 Å². The molecular formula is C20H30FN3O3. The molecule has 1 aliphatic carbocycles. The zero-order chi connectivity index (χ0) is 19.6. The summed E-state index contributed by atoms with van der Waals surface area (Å²) >= 11 is 0. The Morgan fingerprint density at radius 3 is 2.81 bits per heavy atom. The van der Waals surface area contributed by atoms with Crippen molar-refractivity contribution in [2.75, 3.05) is 26.8 Å². The molecule has 1 aliphatic rings. The normalized spacial score (nSPS) is 15.2. The number of benzene rings is 1. The van der Waals surface area contributed by atoms with E-state index in [9.17, 15) is 9.18 Å². The van der Waals surface area contributed by atoms with Crippen LogP contribution in [0.1, 0.15) is 51.1 Å². The third-order valence-corrected chi connectivity index (χ3v) is 4.36. The molecule has 0 bridgehead atoms. The largest absolute Gasteiger partial charge is 0.490 e. The van der Waals surface area contributed by atoms with Crippen molar-refractivity contribution in [1.82, 2.24) is 10.6 Å². The van der Waals surface area contributed by atoms with Crippen molar-refractivity contribution in [3.63, 3.8) is 0 Å². The smallest absolute Gasteiger partial charge is 0.305 e. The highest BCUT2D eigenvalue weighted by atomic mass is 19.1. The fourth-order valence-electron chi connectivity index (χ4n) is 2.55. The quantitative estimate of drug-likeness (QED) is 0.283. The summed E-state index contributed by atoms with van der Waals surface area (Å²) in [5.74, 6) is 0.942. The van der Waals surface area contributed by atoms with Gasteiger partial charge in [-0.1, -0.05) is 6.07 Å². The minimum atomic E-state index is -0.348. The van der Waals surface area contributed by atoms with Crippen molar-refractivity contribution in [1.29, 1.82) is 0 Å². The van der Waals surface area contributed by atoms with E-state index in [4.69, 9.17) is 9.47 Å². The summed E-state index contributed by atoms with van der Waals surface area (Å²) in [5, 5.41) is 6.36. The van der Waals surface area contributed by atoms with Gasteiger partial charge in [0, 0.05) is 20.0 Å². The summed E-state index contributed by atoms with van der Waals surface area (Å²) in [6, 6.07) is 4.90. The first kappa shape index (κ1) is 21.0. The van der Waals surface area contributed by atoms with Gasteiger partial charge >= 0.3 is 5.97 Å². The first-order valence-corrected chi connectivity index (χ1v) is 9.58. The number of nitrogens with zero attached hydrogens (tertiary/aromatic N) is 1. The van der Waals surface area contributed by atoms with Crippen LogP contribution >= 0.6 is 0 Å². The Morgan fingerprint density at radius 2 is 2.19 bits per heavy atom. The Morgan fingerprint density at radius 1 is 1.41 bits per heavy atom. The van der Waals surface area contributed by atoms with E-state index in [0.29, 0.717) is 50.2 Å². The Kier molecular flexibility index (Phi) is 8.36. The first-order chi connectivity index (χ1) is 13.0. The van der Waals surface area contributed by atoms with Crippen LogP contribution in [0.25, 0.3) is 0 Å². The second kappa shape index (κ2) is 10.7. The summed E-state index contributed by atoms with van der Waals surface area (Å²) in [7, 11) is 1.67. The molecule has 0 aromatic heterocycles. The van der Waals surface area contributed by atoms with Crippen LogP contribution in [0.5, 0.6) is 5.75 Å². The minimum Gasteiger partial charge on any atom is -0.490 e. The van der Waals surface area contributed by atoms with Crippen LogP contribution in [0.15, 0.2) is 23.2 Å². The fourth-order valence-corrected chi connectivity index (χ4v) is 2.55. The van der Waals surface area contributed by atoms with Gasteiger partial charge in [-0.05, 0) is 56.7 Å². The molecule has 0 spiro atoms. The highest BCUT2D eigenvalue weighted by Gasteiger charge is 2.22. The first-order valence-electron chi connectivity index (χ1n) is 9.58. The van der Waals surface area contributed by atoms with E-state index < -0.39 is 0 Å². The SMILES string of the molecule is CCOC(=O)CCCNC(=NC)NC(C)c1ccc(OCC2CC2)c(F)c1. The third kappa shape index (κ3) is 7.45. The van der Waals surface area contributed by atoms with Crippen LogP contribution in [-0.4, -0.2) is 38.7 Å². The number of hydrogen-bond donors (Lipinski definition) is 2. The van der Waals surface area contributed by atoms with Crippen LogP contribution in [0.3, 0.4) is 0 Å². The second-order valence-electron chi connectivity index (χ2n) is 6.72. The van der Waals surface area contributed by atoms with Crippen LogP contribution in [0, 0.1) is 11.7 Å². The molecule has 150 valence electrons. The zero-order valence-corrected chi connectivity index (χ0v) is 16.4. The number of esters is 1. The lowest BCUT2D eigenvalue weighted by molar-refractivity contribution is -0.143. The monoisotopic (exact) mass is 379 g/mol. The maximum Gasteiger partial charge on any atom is 0.305 e. The third-order valence-electron chi connectivity index (χ3n) is 4.36. The van der Waals surface area contributed by atoms with E-state index >= 15 is 0 Å². The van der Waals surface area contributed by atoms with Gasteiger partial charge in [0.15, 0.2) is 17.5 Å². The number of guanidine groups is 1. The lowest BCUT2D eigenvalue weighted by Crippen LogP contribution is -2.39. The number of hydrogen-bond acceptors (Lipinski definition) is 4. The number of carbonyl (C=O) groups is 1. The molecule has 0 radical (unpaired) electrons. The molecule has 2 rings (SSSR count). The second-order valence-corrected chi connectivity index (χ2v) is 6.72. The van der Waals surface area contributed by atoms with Gasteiger partial charge in [0.1, 0.15) is 0 Å². The van der Waals surface area contributed by atoms with Crippen molar-refractivity contribution in [2.24, 2.45) is 10.9 Å². The summed E-state index contributed by atoms with van der Waals surface area (Å²) in [6.07, 6.45) is 3.36. The Hall–Kier alpha value is -2.31. The topological polar surface area (TPSA) is 72.0 Å². The minimum absolute atomic E-state index is 0.131. The number of halogens is 1. The molecule has 1 aromatic carbocycles. The van der Waals surface area contributed by atoms with E-state index in [-0.39, 0.29) is 17.8 Å². The molecule has 27 heavy (non-hydrogen) atoms. The van der Waals surface area contributed by atoms with Crippen LogP contribution in [-0.2, 0) is 9.53 Å². The van der Waals surface area contributed by atoms with E-state index in [2.05, 4.69) is 15.6 Å². The van der Waals surface area contributed by atoms with E-state index in [1.54, 1.807) is 20.0 Å². The van der Waals surface area contributed by atoms with E-state index in [0.717, 1.165) is 5.56 Å². The maximum atomic E-state index is 14.2. The maximum absolute atomic E-state index is 14.2. The molecule has 0 heterocycles. The van der Waals surface area contributed by atoms with Gasteiger partial charge in [0.25, 0.3) is 0 Å². The number of aliphatic imine (C=N–C) groups is 1. The van der Waals surface area contributed by atoms with Crippen molar-refractivity contribution >= 4 is 11.9 Å². The van der Waals surface area contributed by atoms with Crippen molar-refractivity contribution in [3.8, 4) is 5.75 Å². The molecule has 1 saturated carbocycles. The van der Waals surface area contributed by atoms with Gasteiger partial charge in [0.05, 0.1) is 19.3 Å². The molecular weight excluding hydrogens is 349 g/mol. The molecule has 0 saturated heterocycles. The summed E-state index contributed by atoms with van der Waals surface area (Å²) in [5.41, 5.74) is 0.806. The predicted octanol–water partition coefficient (Wildman–Crippen LogP) is 3.18. The highest BCUT2D eigenvalue weighted by Crippen LogP contribution is 2.30. The number of carbonyl (C=O) groups excluding carboxylic acids is 1. The summed E-state index contributed by atoms with van der Waals surface area (Å²) < 4.78 is 24.7. The van der Waals surface area contributed by atoms with Crippen molar-refractivity contribution < 1.29 is 18.7 Å².